The van der Waals surface area contributed by atoms with Crippen LogP contribution in [0.3, 0.4) is 0 Å². The third-order valence-electron chi connectivity index (χ3n) is 8.17. The maximum atomic E-state index is 15.8. The van der Waals surface area contributed by atoms with Gasteiger partial charge in [0.25, 0.3) is 10.0 Å². The molecule has 2 N–H and O–H groups in total. The molecule has 1 atom stereocenters. The van der Waals surface area contributed by atoms with Gasteiger partial charge in [-0.2, -0.15) is 0 Å². The summed E-state index contributed by atoms with van der Waals surface area (Å²) in [6, 6.07) is 16.5. The van der Waals surface area contributed by atoms with Gasteiger partial charge in [-0.05, 0) is 60.9 Å². The third-order valence-corrected chi connectivity index (χ3v) is 12.7. The number of hydrogen-bond donors (Lipinski definition) is 2. The summed E-state index contributed by atoms with van der Waals surface area (Å²) >= 11 is 12.0. The van der Waals surface area contributed by atoms with Crippen molar-refractivity contribution in [2.45, 2.75) is 29.4 Å². The van der Waals surface area contributed by atoms with Crippen LogP contribution in [-0.2, 0) is 19.9 Å². The van der Waals surface area contributed by atoms with Crippen LogP contribution >= 0.6 is 23.2 Å². The van der Waals surface area contributed by atoms with Crippen LogP contribution in [0.5, 0.6) is 0 Å². The number of benzene rings is 3. The van der Waals surface area contributed by atoms with Gasteiger partial charge in [0.1, 0.15) is 34.1 Å². The van der Waals surface area contributed by atoms with Crippen molar-refractivity contribution in [2.24, 2.45) is 0 Å². The molecule has 1 fully saturated rings. The van der Waals surface area contributed by atoms with Crippen molar-refractivity contribution in [1.29, 1.82) is 0 Å². The minimum absolute atomic E-state index is 0.0212. The number of fused-ring (bicyclic) bond motifs is 2. The van der Waals surface area contributed by atoms with E-state index < -0.39 is 53.0 Å². The van der Waals surface area contributed by atoms with E-state index in [1.807, 2.05) is 24.3 Å². The van der Waals surface area contributed by atoms with Crippen molar-refractivity contribution in [3.63, 3.8) is 0 Å². The molecule has 1 aliphatic rings. The molecule has 6 aromatic rings. The molecule has 1 saturated heterocycles. The molecule has 0 radical (unpaired) electrons. The van der Waals surface area contributed by atoms with Crippen LogP contribution in [0.25, 0.3) is 27.8 Å². The van der Waals surface area contributed by atoms with Crippen molar-refractivity contribution in [2.75, 3.05) is 15.8 Å². The van der Waals surface area contributed by atoms with Gasteiger partial charge in [0, 0.05) is 11.6 Å². The number of nitrogens with zero attached hydrogens (tertiary/aromatic N) is 4. The lowest BCUT2D eigenvalue weighted by molar-refractivity contribution is 0.546. The molecule has 3 aromatic heterocycles. The second-order valence-corrected chi connectivity index (χ2v) is 15.9. The number of rotatable bonds is 7. The molecule has 0 spiro atoms. The van der Waals surface area contributed by atoms with Gasteiger partial charge >= 0.3 is 0 Å². The molecule has 7 rings (SSSR count). The fraction of sp³-hybridized carbons (Fsp3) is 0.156. The Morgan fingerprint density at radius 3 is 2.56 bits per heavy atom. The van der Waals surface area contributed by atoms with E-state index in [0.717, 1.165) is 29.5 Å². The molecule has 1 aliphatic heterocycles. The van der Waals surface area contributed by atoms with Gasteiger partial charge in [-0.25, -0.2) is 40.6 Å². The molecular weight excluding hydrogens is 705 g/mol. The number of para-hydroxylation sites is 1. The lowest BCUT2D eigenvalue weighted by atomic mass is 10.1. The van der Waals surface area contributed by atoms with E-state index in [1.165, 1.54) is 24.5 Å². The molecule has 0 aliphatic carbocycles. The van der Waals surface area contributed by atoms with E-state index >= 15 is 8.78 Å². The summed E-state index contributed by atoms with van der Waals surface area (Å²) in [7, 11) is -7.78. The topological polar surface area (TPSA) is 136 Å². The Kier molecular flexibility index (Phi) is 8.22. The quantitative estimate of drug-likeness (QED) is 0.170. The molecule has 48 heavy (non-hydrogen) atoms. The van der Waals surface area contributed by atoms with E-state index in [4.69, 9.17) is 28.2 Å². The number of aromatic nitrogens is 4. The van der Waals surface area contributed by atoms with Gasteiger partial charge in [0.05, 0.1) is 37.8 Å². The van der Waals surface area contributed by atoms with Crippen molar-refractivity contribution in [1.82, 2.24) is 19.5 Å². The Labute approximate surface area is 283 Å². The minimum Gasteiger partial charge on any atom is -0.333 e. The number of anilines is 3. The fourth-order valence-electron chi connectivity index (χ4n) is 5.87. The number of halogens is 4. The Bertz CT molecular complexity index is 2480. The van der Waals surface area contributed by atoms with Gasteiger partial charge in [-0.15, -0.1) is 0 Å². The zero-order valence-corrected chi connectivity index (χ0v) is 27.8. The fourth-order valence-corrected chi connectivity index (χ4v) is 9.68. The van der Waals surface area contributed by atoms with Crippen LogP contribution in [0.1, 0.15) is 30.1 Å². The monoisotopic (exact) mass is 728 g/mol. The second-order valence-electron chi connectivity index (χ2n) is 11.1. The van der Waals surface area contributed by atoms with E-state index in [1.54, 1.807) is 22.9 Å². The van der Waals surface area contributed by atoms with Gasteiger partial charge < -0.3 is 9.88 Å². The average Bonchev–Trinajstić information content (AvgIpc) is 3.44. The second kappa shape index (κ2) is 12.3. The summed E-state index contributed by atoms with van der Waals surface area (Å²) in [6.07, 6.45) is 4.90. The van der Waals surface area contributed by atoms with Gasteiger partial charge in [-0.3, -0.25) is 4.72 Å². The van der Waals surface area contributed by atoms with E-state index in [0.29, 0.717) is 29.7 Å². The Morgan fingerprint density at radius 2 is 1.75 bits per heavy atom. The van der Waals surface area contributed by atoms with Crippen molar-refractivity contribution >= 4 is 82.2 Å². The zero-order chi connectivity index (χ0) is 33.8. The van der Waals surface area contributed by atoms with Crippen LogP contribution in [0.2, 0.25) is 10.0 Å². The Hall–Kier alpha value is -4.37. The first-order valence-electron chi connectivity index (χ1n) is 14.6. The minimum atomic E-state index is -4.43. The number of hydrogen-bond acceptors (Lipinski definition) is 8. The molecule has 0 saturated carbocycles. The SMILES string of the molecule is O=S(=O)(Nc1ccc(F)c(Nc2ncnc3ccc(-n4cc(C5CCCCS5(=O)=O)c5ccccc54)nc23)c1F)c1cccc(Cl)c1Cl. The van der Waals surface area contributed by atoms with E-state index in [9.17, 15) is 16.8 Å². The summed E-state index contributed by atoms with van der Waals surface area (Å²) in [6.45, 7) is 0. The first-order valence-corrected chi connectivity index (χ1v) is 18.6. The van der Waals surface area contributed by atoms with Gasteiger partial charge in [-0.1, -0.05) is 53.9 Å². The van der Waals surface area contributed by atoms with E-state index in [-0.39, 0.29) is 27.1 Å². The molecule has 3 aromatic carbocycles. The highest BCUT2D eigenvalue weighted by molar-refractivity contribution is 7.93. The van der Waals surface area contributed by atoms with Gasteiger partial charge in [0.15, 0.2) is 21.5 Å². The number of sulfonamides is 1. The van der Waals surface area contributed by atoms with Crippen molar-refractivity contribution < 1.29 is 25.6 Å². The summed E-state index contributed by atoms with van der Waals surface area (Å²) in [5, 5.41) is 2.47. The highest BCUT2D eigenvalue weighted by Gasteiger charge is 2.33. The normalized spacial score (nSPS) is 16.3. The lowest BCUT2D eigenvalue weighted by Gasteiger charge is -2.21. The largest absolute Gasteiger partial charge is 0.333 e. The number of sulfone groups is 1. The predicted molar refractivity (Wildman–Crippen MR) is 181 cm³/mol. The third kappa shape index (κ3) is 5.72. The van der Waals surface area contributed by atoms with Crippen molar-refractivity contribution in [3.05, 3.63) is 106 Å². The van der Waals surface area contributed by atoms with Crippen molar-refractivity contribution in [3.8, 4) is 5.82 Å². The van der Waals surface area contributed by atoms with Crippen LogP contribution in [0.15, 0.2) is 84.1 Å². The molecule has 0 bridgehead atoms. The molecule has 10 nitrogen and oxygen atoms in total. The lowest BCUT2D eigenvalue weighted by Crippen LogP contribution is -2.21. The predicted octanol–water partition coefficient (Wildman–Crippen LogP) is 7.74. The molecule has 16 heteroatoms. The molecule has 4 heterocycles. The highest BCUT2D eigenvalue weighted by atomic mass is 35.5. The van der Waals surface area contributed by atoms with Crippen LogP contribution in [0.4, 0.5) is 26.0 Å². The molecule has 1 unspecified atom stereocenters. The summed E-state index contributed by atoms with van der Waals surface area (Å²) in [4.78, 5) is 12.7. The van der Waals surface area contributed by atoms with E-state index in [2.05, 4.69) is 20.0 Å². The van der Waals surface area contributed by atoms with Crippen LogP contribution in [0, 0.1) is 11.6 Å². The van der Waals surface area contributed by atoms with Crippen LogP contribution in [-0.4, -0.2) is 42.1 Å². The Balaban J connectivity index is 1.28. The number of pyridine rings is 1. The van der Waals surface area contributed by atoms with Crippen LogP contribution < -0.4 is 10.0 Å². The zero-order valence-electron chi connectivity index (χ0n) is 24.7. The molecule has 0 amide bonds. The standard InChI is InChI=1S/C32H24Cl2F2N6O4S2/c33-20-7-5-10-26(28(20)34)48(45,46)41-22-12-11-21(35)30(29(22)36)40-32-31-23(37-17-38-32)13-14-27(39-31)42-16-19(18-6-1-2-8-24(18)42)25-9-3-4-15-47(25,43)44/h1-2,5-8,10-14,16-17,25,41H,3-4,9,15H2,(H,37,38,40). The summed E-state index contributed by atoms with van der Waals surface area (Å²) < 4.78 is 87.0. The van der Waals surface area contributed by atoms with Gasteiger partial charge in [0.2, 0.25) is 0 Å². The summed E-state index contributed by atoms with van der Waals surface area (Å²) in [5.74, 6) is -1.84. The molecule has 246 valence electrons. The maximum Gasteiger partial charge on any atom is 0.263 e. The Morgan fingerprint density at radius 1 is 0.938 bits per heavy atom. The molecular formula is C32H24Cl2F2N6O4S2. The first-order chi connectivity index (χ1) is 22.9. The smallest absolute Gasteiger partial charge is 0.263 e. The number of nitrogens with one attached hydrogen (secondary N) is 2. The first kappa shape index (κ1) is 32.2. The maximum absolute atomic E-state index is 15.8. The highest BCUT2D eigenvalue weighted by Crippen LogP contribution is 2.39. The summed E-state index contributed by atoms with van der Waals surface area (Å²) in [5.41, 5.74) is 0.633. The average molecular weight is 730 g/mol.